The number of aromatic nitrogens is 1. The van der Waals surface area contributed by atoms with Crippen molar-refractivity contribution < 1.29 is 9.18 Å². The van der Waals surface area contributed by atoms with Gasteiger partial charge in [-0.25, -0.2) is 9.38 Å². The number of amides is 1. The standard InChI is InChI=1S/C26H19BrFN3OS/c1-16-22(14-24-25(32)30-26(33-24)29-20-12-10-19(28)11-13-20)21-4-2-3-5-23(21)31(16)15-17-6-8-18(27)9-7-17/h2-14H,15H2,1H3,(H,29,30,32)/b24-14-. The Hall–Kier alpha value is -3.16. The van der Waals surface area contributed by atoms with Crippen molar-refractivity contribution in [3.63, 3.8) is 0 Å². The normalized spacial score (nSPS) is 16.2. The third kappa shape index (κ3) is 4.51. The van der Waals surface area contributed by atoms with Crippen molar-refractivity contribution in [3.8, 4) is 0 Å². The van der Waals surface area contributed by atoms with E-state index >= 15 is 0 Å². The van der Waals surface area contributed by atoms with Gasteiger partial charge in [0.25, 0.3) is 5.91 Å². The molecular formula is C26H19BrFN3OS. The molecule has 1 amide bonds. The molecule has 0 saturated carbocycles. The van der Waals surface area contributed by atoms with Crippen LogP contribution in [0.1, 0.15) is 16.8 Å². The Balaban J connectivity index is 1.51. The number of amidine groups is 1. The summed E-state index contributed by atoms with van der Waals surface area (Å²) in [5, 5.41) is 4.38. The van der Waals surface area contributed by atoms with E-state index in [4.69, 9.17) is 0 Å². The van der Waals surface area contributed by atoms with Gasteiger partial charge >= 0.3 is 0 Å². The van der Waals surface area contributed by atoms with Crippen molar-refractivity contribution in [2.45, 2.75) is 13.5 Å². The maximum absolute atomic E-state index is 13.2. The fraction of sp³-hybridized carbons (Fsp3) is 0.0769. The van der Waals surface area contributed by atoms with Crippen molar-refractivity contribution in [3.05, 3.63) is 105 Å². The van der Waals surface area contributed by atoms with Crippen LogP contribution >= 0.6 is 27.7 Å². The number of fused-ring (bicyclic) bond motifs is 1. The van der Waals surface area contributed by atoms with Crippen molar-refractivity contribution in [1.82, 2.24) is 9.88 Å². The molecule has 0 aliphatic carbocycles. The minimum Gasteiger partial charge on any atom is -0.340 e. The topological polar surface area (TPSA) is 46.4 Å². The number of rotatable bonds is 4. The second kappa shape index (κ2) is 9.00. The molecule has 33 heavy (non-hydrogen) atoms. The number of thioether (sulfide) groups is 1. The van der Waals surface area contributed by atoms with Crippen LogP contribution in [0.15, 0.2) is 87.2 Å². The predicted octanol–water partition coefficient (Wildman–Crippen LogP) is 6.79. The van der Waals surface area contributed by atoms with Gasteiger partial charge in [-0.3, -0.25) is 4.79 Å². The lowest BCUT2D eigenvalue weighted by molar-refractivity contribution is -0.115. The molecule has 1 aliphatic rings. The van der Waals surface area contributed by atoms with Crippen molar-refractivity contribution >= 4 is 61.4 Å². The molecule has 7 heteroatoms. The van der Waals surface area contributed by atoms with Crippen molar-refractivity contribution in [2.75, 3.05) is 0 Å². The SMILES string of the molecule is Cc1c(/C=C2\SC(=Nc3ccc(F)cc3)NC2=O)c2ccccc2n1Cc1ccc(Br)cc1. The Morgan fingerprint density at radius 3 is 2.55 bits per heavy atom. The van der Waals surface area contributed by atoms with Gasteiger partial charge in [-0.05, 0) is 72.8 Å². The fourth-order valence-electron chi connectivity index (χ4n) is 3.86. The smallest absolute Gasteiger partial charge is 0.264 e. The molecule has 1 saturated heterocycles. The Bertz CT molecular complexity index is 1420. The van der Waals surface area contributed by atoms with Crippen LogP contribution in [0.3, 0.4) is 0 Å². The van der Waals surface area contributed by atoms with Gasteiger partial charge < -0.3 is 9.88 Å². The summed E-state index contributed by atoms with van der Waals surface area (Å²) in [5.74, 6) is -0.511. The number of hydrogen-bond donors (Lipinski definition) is 1. The van der Waals surface area contributed by atoms with Crippen LogP contribution in [0.25, 0.3) is 17.0 Å². The molecule has 1 fully saturated rings. The quantitative estimate of drug-likeness (QED) is 0.301. The predicted molar refractivity (Wildman–Crippen MR) is 137 cm³/mol. The molecule has 0 radical (unpaired) electrons. The number of hydrogen-bond acceptors (Lipinski definition) is 3. The summed E-state index contributed by atoms with van der Waals surface area (Å²) < 4.78 is 16.5. The first-order chi connectivity index (χ1) is 16.0. The molecule has 2 heterocycles. The summed E-state index contributed by atoms with van der Waals surface area (Å²) in [4.78, 5) is 17.7. The molecule has 0 bridgehead atoms. The number of para-hydroxylation sites is 1. The lowest BCUT2D eigenvalue weighted by Crippen LogP contribution is -2.19. The summed E-state index contributed by atoms with van der Waals surface area (Å²) in [7, 11) is 0. The van der Waals surface area contributed by atoms with E-state index in [9.17, 15) is 9.18 Å². The monoisotopic (exact) mass is 519 g/mol. The summed E-state index contributed by atoms with van der Waals surface area (Å²) in [6.45, 7) is 2.82. The largest absolute Gasteiger partial charge is 0.340 e. The number of aliphatic imine (C=N–C) groups is 1. The zero-order valence-corrected chi connectivity index (χ0v) is 20.1. The van der Waals surface area contributed by atoms with Crippen LogP contribution in [-0.4, -0.2) is 15.6 Å². The highest BCUT2D eigenvalue weighted by molar-refractivity contribution is 9.10. The molecule has 5 rings (SSSR count). The second-order valence-electron chi connectivity index (χ2n) is 7.69. The van der Waals surface area contributed by atoms with E-state index in [0.717, 1.165) is 33.2 Å². The van der Waals surface area contributed by atoms with E-state index in [-0.39, 0.29) is 11.7 Å². The third-order valence-corrected chi connectivity index (χ3v) is 6.96. The molecule has 0 unspecified atom stereocenters. The van der Waals surface area contributed by atoms with Crippen molar-refractivity contribution in [1.29, 1.82) is 0 Å². The zero-order valence-electron chi connectivity index (χ0n) is 17.7. The fourth-order valence-corrected chi connectivity index (χ4v) is 4.95. The average molecular weight is 520 g/mol. The van der Waals surface area contributed by atoms with Crippen molar-refractivity contribution in [2.24, 2.45) is 4.99 Å². The molecule has 3 aromatic carbocycles. The van der Waals surface area contributed by atoms with Crippen LogP contribution in [-0.2, 0) is 11.3 Å². The van der Waals surface area contributed by atoms with Crippen LogP contribution in [0, 0.1) is 12.7 Å². The highest BCUT2D eigenvalue weighted by Gasteiger charge is 2.25. The number of nitrogens with zero attached hydrogens (tertiary/aromatic N) is 2. The minimum atomic E-state index is -0.322. The highest BCUT2D eigenvalue weighted by atomic mass is 79.9. The van der Waals surface area contributed by atoms with Gasteiger partial charge in [0.1, 0.15) is 5.82 Å². The van der Waals surface area contributed by atoms with Gasteiger partial charge in [0.15, 0.2) is 5.17 Å². The molecule has 4 nitrogen and oxygen atoms in total. The van der Waals surface area contributed by atoms with E-state index in [2.05, 4.69) is 62.0 Å². The number of halogens is 2. The van der Waals surface area contributed by atoms with E-state index in [1.165, 1.54) is 29.5 Å². The highest BCUT2D eigenvalue weighted by Crippen LogP contribution is 2.33. The van der Waals surface area contributed by atoms with E-state index in [0.29, 0.717) is 15.8 Å². The summed E-state index contributed by atoms with van der Waals surface area (Å²) in [6.07, 6.45) is 1.93. The number of nitrogens with one attached hydrogen (secondary N) is 1. The van der Waals surface area contributed by atoms with Gasteiger partial charge in [-0.2, -0.15) is 0 Å². The maximum Gasteiger partial charge on any atom is 0.264 e. The average Bonchev–Trinajstić information content (AvgIpc) is 3.29. The molecule has 0 atom stereocenters. The molecule has 1 aliphatic heterocycles. The summed E-state index contributed by atoms with van der Waals surface area (Å²) in [6, 6.07) is 22.4. The first kappa shape index (κ1) is 21.7. The van der Waals surface area contributed by atoms with Gasteiger partial charge in [-0.15, -0.1) is 0 Å². The Labute approximate surface area is 203 Å². The van der Waals surface area contributed by atoms with Gasteiger partial charge in [0, 0.05) is 33.2 Å². The minimum absolute atomic E-state index is 0.190. The lowest BCUT2D eigenvalue weighted by atomic mass is 10.1. The molecule has 164 valence electrons. The van der Waals surface area contributed by atoms with Gasteiger partial charge in [0.2, 0.25) is 0 Å². The van der Waals surface area contributed by atoms with E-state index in [1.807, 2.05) is 30.3 Å². The summed E-state index contributed by atoms with van der Waals surface area (Å²) in [5.41, 5.74) is 5.01. The number of carbonyl (C=O) groups is 1. The van der Waals surface area contributed by atoms with Crippen LogP contribution in [0.4, 0.5) is 10.1 Å². The molecule has 1 aromatic heterocycles. The number of carbonyl (C=O) groups excluding carboxylic acids is 1. The molecule has 4 aromatic rings. The lowest BCUT2D eigenvalue weighted by Gasteiger charge is -2.09. The first-order valence-corrected chi connectivity index (χ1v) is 12.0. The van der Waals surface area contributed by atoms with E-state index < -0.39 is 0 Å². The number of benzene rings is 3. The van der Waals surface area contributed by atoms with Crippen LogP contribution < -0.4 is 5.32 Å². The molecule has 0 spiro atoms. The molecular weight excluding hydrogens is 501 g/mol. The van der Waals surface area contributed by atoms with Gasteiger partial charge in [-0.1, -0.05) is 46.3 Å². The first-order valence-electron chi connectivity index (χ1n) is 10.4. The Morgan fingerprint density at radius 1 is 1.06 bits per heavy atom. The van der Waals surface area contributed by atoms with Crippen LogP contribution in [0.5, 0.6) is 0 Å². The van der Waals surface area contributed by atoms with Crippen LogP contribution in [0.2, 0.25) is 0 Å². The second-order valence-corrected chi connectivity index (χ2v) is 9.63. The maximum atomic E-state index is 13.2. The van der Waals surface area contributed by atoms with E-state index in [1.54, 1.807) is 12.1 Å². The zero-order chi connectivity index (χ0) is 22.9. The molecule has 1 N–H and O–H groups in total. The Morgan fingerprint density at radius 2 is 1.79 bits per heavy atom. The van der Waals surface area contributed by atoms with Gasteiger partial charge in [0.05, 0.1) is 10.6 Å². The summed E-state index contributed by atoms with van der Waals surface area (Å²) >= 11 is 4.78. The third-order valence-electron chi connectivity index (χ3n) is 5.52. The Kier molecular flexibility index (Phi) is 5.91.